The van der Waals surface area contributed by atoms with E-state index >= 15 is 0 Å². The number of nitrogens with zero attached hydrogens (tertiary/aromatic N) is 1. The average molecular weight is 485 g/mol. The maximum Gasteiger partial charge on any atom is 0.193 e. The predicted molar refractivity (Wildman–Crippen MR) is 121 cm³/mol. The lowest BCUT2D eigenvalue weighted by atomic mass is 10.1. The molecule has 2 aromatic carbocycles. The highest BCUT2D eigenvalue weighted by Crippen LogP contribution is 2.34. The maximum absolute atomic E-state index is 6.01. The highest BCUT2D eigenvalue weighted by atomic mass is 127. The molecule has 0 saturated carbocycles. The van der Waals surface area contributed by atoms with Crippen LogP contribution in [-0.4, -0.2) is 33.8 Å². The first-order valence-electron chi connectivity index (χ1n) is 8.41. The quantitative estimate of drug-likeness (QED) is 0.353. The highest BCUT2D eigenvalue weighted by Gasteiger charge is 2.12. The molecule has 148 valence electrons. The van der Waals surface area contributed by atoms with E-state index in [0.717, 1.165) is 11.3 Å². The highest BCUT2D eigenvalue weighted by molar-refractivity contribution is 14.0. The second kappa shape index (κ2) is 10.9. The zero-order valence-corrected chi connectivity index (χ0v) is 18.8. The minimum atomic E-state index is 0. The summed E-state index contributed by atoms with van der Waals surface area (Å²) in [6, 6.07) is 9.84. The number of ether oxygens (including phenoxy) is 3. The average Bonchev–Trinajstić information content (AvgIpc) is 2.60. The normalized spacial score (nSPS) is 10.8. The van der Waals surface area contributed by atoms with E-state index in [2.05, 4.69) is 16.4 Å². The monoisotopic (exact) mass is 485 g/mol. The SMILES string of the molecule is COc1cc(OC)c(CCN=C(N)Nc2cc(C)cc(C)c2)c(OC)c1.I. The van der Waals surface area contributed by atoms with Crippen molar-refractivity contribution >= 4 is 35.6 Å². The topological polar surface area (TPSA) is 78.1 Å². The van der Waals surface area contributed by atoms with Crippen LogP contribution in [0.2, 0.25) is 0 Å². The zero-order valence-electron chi connectivity index (χ0n) is 16.5. The van der Waals surface area contributed by atoms with Gasteiger partial charge in [0.05, 0.1) is 21.3 Å². The van der Waals surface area contributed by atoms with Crippen LogP contribution in [0.4, 0.5) is 5.69 Å². The van der Waals surface area contributed by atoms with Crippen molar-refractivity contribution in [2.75, 3.05) is 33.2 Å². The Hall–Kier alpha value is -2.16. The number of guanidine groups is 1. The lowest BCUT2D eigenvalue weighted by Gasteiger charge is -2.14. The molecule has 0 aromatic heterocycles. The van der Waals surface area contributed by atoms with E-state index in [-0.39, 0.29) is 24.0 Å². The number of anilines is 1. The molecule has 0 spiro atoms. The van der Waals surface area contributed by atoms with Crippen LogP contribution in [0, 0.1) is 13.8 Å². The Kier molecular flexibility index (Phi) is 9.20. The fraction of sp³-hybridized carbons (Fsp3) is 0.350. The number of benzene rings is 2. The van der Waals surface area contributed by atoms with Crippen LogP contribution >= 0.6 is 24.0 Å². The first kappa shape index (κ1) is 22.9. The van der Waals surface area contributed by atoms with Gasteiger partial charge < -0.3 is 25.3 Å². The van der Waals surface area contributed by atoms with Crippen molar-refractivity contribution in [3.8, 4) is 17.2 Å². The van der Waals surface area contributed by atoms with Gasteiger partial charge in [0.2, 0.25) is 0 Å². The lowest BCUT2D eigenvalue weighted by Crippen LogP contribution is -2.23. The largest absolute Gasteiger partial charge is 0.496 e. The number of aliphatic imine (C=N–C) groups is 1. The number of hydrogen-bond donors (Lipinski definition) is 2. The predicted octanol–water partition coefficient (Wildman–Crippen LogP) is 3.92. The number of aryl methyl sites for hydroxylation is 2. The summed E-state index contributed by atoms with van der Waals surface area (Å²) in [7, 11) is 4.85. The summed E-state index contributed by atoms with van der Waals surface area (Å²) < 4.78 is 16.2. The number of halogens is 1. The first-order valence-corrected chi connectivity index (χ1v) is 8.41. The van der Waals surface area contributed by atoms with Gasteiger partial charge in [-0.25, -0.2) is 0 Å². The van der Waals surface area contributed by atoms with E-state index in [1.807, 2.05) is 38.1 Å². The van der Waals surface area contributed by atoms with Crippen LogP contribution in [0.3, 0.4) is 0 Å². The summed E-state index contributed by atoms with van der Waals surface area (Å²) in [4.78, 5) is 4.41. The molecule has 0 saturated heterocycles. The molecule has 0 amide bonds. The fourth-order valence-electron chi connectivity index (χ4n) is 2.85. The van der Waals surface area contributed by atoms with Crippen LogP contribution < -0.4 is 25.3 Å². The number of nitrogens with two attached hydrogens (primary N) is 1. The van der Waals surface area contributed by atoms with Gasteiger partial charge in [0, 0.05) is 29.9 Å². The van der Waals surface area contributed by atoms with Gasteiger partial charge >= 0.3 is 0 Å². The van der Waals surface area contributed by atoms with Gasteiger partial charge in [-0.2, -0.15) is 0 Å². The Morgan fingerprint density at radius 1 is 0.926 bits per heavy atom. The van der Waals surface area contributed by atoms with E-state index in [9.17, 15) is 0 Å². The summed E-state index contributed by atoms with van der Waals surface area (Å²) in [5, 5.41) is 3.13. The molecule has 0 aliphatic heterocycles. The first-order chi connectivity index (χ1) is 12.5. The molecule has 2 rings (SSSR count). The molecule has 0 aliphatic rings. The molecule has 3 N–H and O–H groups in total. The number of rotatable bonds is 7. The number of methoxy groups -OCH3 is 3. The molecule has 0 unspecified atom stereocenters. The van der Waals surface area contributed by atoms with Crippen LogP contribution in [0.25, 0.3) is 0 Å². The maximum atomic E-state index is 6.01. The van der Waals surface area contributed by atoms with Crippen molar-refractivity contribution in [2.24, 2.45) is 10.7 Å². The molecular weight excluding hydrogens is 457 g/mol. The van der Waals surface area contributed by atoms with Crippen molar-refractivity contribution in [3.05, 3.63) is 47.0 Å². The van der Waals surface area contributed by atoms with Gasteiger partial charge in [-0.15, -0.1) is 24.0 Å². The Morgan fingerprint density at radius 3 is 1.96 bits per heavy atom. The van der Waals surface area contributed by atoms with E-state index in [1.54, 1.807) is 21.3 Å². The molecule has 0 bridgehead atoms. The molecule has 7 heteroatoms. The third-order valence-electron chi connectivity index (χ3n) is 3.96. The Morgan fingerprint density at radius 2 is 1.48 bits per heavy atom. The molecule has 6 nitrogen and oxygen atoms in total. The van der Waals surface area contributed by atoms with Crippen molar-refractivity contribution < 1.29 is 14.2 Å². The second-order valence-corrected chi connectivity index (χ2v) is 6.03. The van der Waals surface area contributed by atoms with Crippen molar-refractivity contribution in [1.82, 2.24) is 0 Å². The number of hydrogen-bond acceptors (Lipinski definition) is 4. The smallest absolute Gasteiger partial charge is 0.193 e. The third-order valence-corrected chi connectivity index (χ3v) is 3.96. The molecule has 0 radical (unpaired) electrons. The van der Waals surface area contributed by atoms with E-state index in [0.29, 0.717) is 36.2 Å². The van der Waals surface area contributed by atoms with E-state index in [4.69, 9.17) is 19.9 Å². The molecule has 0 fully saturated rings. The Balaban J connectivity index is 0.00000364. The summed E-state index contributed by atoms with van der Waals surface area (Å²) in [5.41, 5.74) is 10.2. The van der Waals surface area contributed by atoms with Gasteiger partial charge in [0.25, 0.3) is 0 Å². The van der Waals surface area contributed by atoms with E-state index < -0.39 is 0 Å². The summed E-state index contributed by atoms with van der Waals surface area (Å²) in [6.07, 6.45) is 0.631. The van der Waals surface area contributed by atoms with Crippen LogP contribution in [0.5, 0.6) is 17.2 Å². The third kappa shape index (κ3) is 6.50. The summed E-state index contributed by atoms with van der Waals surface area (Å²) in [6.45, 7) is 4.60. The zero-order chi connectivity index (χ0) is 19.1. The number of nitrogens with one attached hydrogen (secondary N) is 1. The second-order valence-electron chi connectivity index (χ2n) is 6.03. The summed E-state index contributed by atoms with van der Waals surface area (Å²) in [5.74, 6) is 2.47. The lowest BCUT2D eigenvalue weighted by molar-refractivity contribution is 0.369. The van der Waals surface area contributed by atoms with Crippen molar-refractivity contribution in [1.29, 1.82) is 0 Å². The standard InChI is InChI=1S/C20H27N3O3.HI/c1-13-8-14(2)10-15(9-13)23-20(21)22-7-6-17-18(25-4)11-16(24-3)12-19(17)26-5;/h8-12H,6-7H2,1-5H3,(H3,21,22,23);1H. The fourth-order valence-corrected chi connectivity index (χ4v) is 2.85. The van der Waals surface area contributed by atoms with Crippen LogP contribution in [-0.2, 0) is 6.42 Å². The molecule has 27 heavy (non-hydrogen) atoms. The molecule has 0 atom stereocenters. The van der Waals surface area contributed by atoms with Crippen molar-refractivity contribution in [2.45, 2.75) is 20.3 Å². The molecule has 2 aromatic rings. The minimum Gasteiger partial charge on any atom is -0.496 e. The summed E-state index contributed by atoms with van der Waals surface area (Å²) >= 11 is 0. The van der Waals surface area contributed by atoms with Crippen molar-refractivity contribution in [3.63, 3.8) is 0 Å². The van der Waals surface area contributed by atoms with Gasteiger partial charge in [0.15, 0.2) is 5.96 Å². The minimum absolute atomic E-state index is 0. The van der Waals surface area contributed by atoms with Gasteiger partial charge in [-0.3, -0.25) is 4.99 Å². The van der Waals surface area contributed by atoms with Crippen LogP contribution in [0.15, 0.2) is 35.3 Å². The van der Waals surface area contributed by atoms with Crippen LogP contribution in [0.1, 0.15) is 16.7 Å². The van der Waals surface area contributed by atoms with Gasteiger partial charge in [-0.1, -0.05) is 6.07 Å². The Bertz CT molecular complexity index is 749. The molecule has 0 heterocycles. The Labute approximate surface area is 178 Å². The molecule has 0 aliphatic carbocycles. The molecular formula is C20H28IN3O3. The van der Waals surface area contributed by atoms with Gasteiger partial charge in [0.1, 0.15) is 17.2 Å². The van der Waals surface area contributed by atoms with Gasteiger partial charge in [-0.05, 0) is 43.5 Å². The van der Waals surface area contributed by atoms with E-state index in [1.165, 1.54) is 11.1 Å².